The molecule has 0 amide bonds. The summed E-state index contributed by atoms with van der Waals surface area (Å²) in [6, 6.07) is 8.95. The average Bonchev–Trinajstić information content (AvgIpc) is 2.47. The molecule has 0 unspecified atom stereocenters. The molecule has 0 aliphatic heterocycles. The van der Waals surface area contributed by atoms with E-state index in [1.54, 1.807) is 6.07 Å². The summed E-state index contributed by atoms with van der Waals surface area (Å²) < 4.78 is 5.36. The van der Waals surface area contributed by atoms with Gasteiger partial charge in [-0.05, 0) is 43.7 Å². The number of hydrogen-bond acceptors (Lipinski definition) is 4. The number of nitrogens with one attached hydrogen (secondary N) is 1. The quantitative estimate of drug-likeness (QED) is 0.846. The molecule has 2 aromatic rings. The molecular weight excluding hydrogens is 272 g/mol. The van der Waals surface area contributed by atoms with E-state index in [-0.39, 0.29) is 18.4 Å². The lowest BCUT2D eigenvalue weighted by atomic mass is 10.1. The minimum absolute atomic E-state index is 0.0875. The van der Waals surface area contributed by atoms with Crippen LogP contribution in [0.25, 0.3) is 11.3 Å². The topological polar surface area (TPSA) is 92.3 Å². The number of ether oxygens (including phenoxy) is 1. The molecule has 1 heterocycles. The van der Waals surface area contributed by atoms with Crippen LogP contribution < -0.4 is 10.3 Å². The molecule has 1 aromatic carbocycles. The number of aliphatic carboxylic acids is 1. The number of H-pyrrole nitrogens is 1. The van der Waals surface area contributed by atoms with Crippen molar-refractivity contribution in [2.24, 2.45) is 0 Å². The fraction of sp³-hybridized carbons (Fsp3) is 0.267. The smallest absolute Gasteiger partial charge is 0.303 e. The van der Waals surface area contributed by atoms with Crippen LogP contribution >= 0.6 is 0 Å². The maximum Gasteiger partial charge on any atom is 0.303 e. The number of benzene rings is 1. The van der Waals surface area contributed by atoms with Gasteiger partial charge in [0.1, 0.15) is 5.75 Å². The molecule has 0 fully saturated rings. The first-order valence-electron chi connectivity index (χ1n) is 6.63. The highest BCUT2D eigenvalue weighted by Gasteiger charge is 2.07. The fourth-order valence-corrected chi connectivity index (χ4v) is 1.91. The van der Waals surface area contributed by atoms with Crippen LogP contribution in [0.4, 0.5) is 0 Å². The van der Waals surface area contributed by atoms with Crippen LogP contribution in [0.1, 0.15) is 18.9 Å². The summed E-state index contributed by atoms with van der Waals surface area (Å²) in [5, 5.41) is 15.1. The third-order valence-electron chi connectivity index (χ3n) is 2.95. The van der Waals surface area contributed by atoms with Crippen LogP contribution in [0.3, 0.4) is 0 Å². The third kappa shape index (κ3) is 3.92. The van der Waals surface area contributed by atoms with Crippen molar-refractivity contribution in [3.63, 3.8) is 0 Å². The minimum atomic E-state index is -0.936. The monoisotopic (exact) mass is 288 g/mol. The van der Waals surface area contributed by atoms with E-state index in [0.29, 0.717) is 17.9 Å². The maximum atomic E-state index is 11.6. The van der Waals surface area contributed by atoms with Crippen LogP contribution in [-0.4, -0.2) is 27.9 Å². The molecule has 0 radical (unpaired) electrons. The van der Waals surface area contributed by atoms with Crippen molar-refractivity contribution < 1.29 is 14.6 Å². The second kappa shape index (κ2) is 6.69. The molecule has 0 spiro atoms. The molecule has 0 saturated carbocycles. The Balaban J connectivity index is 2.25. The highest BCUT2D eigenvalue weighted by atomic mass is 16.5. The molecule has 2 rings (SSSR count). The van der Waals surface area contributed by atoms with Gasteiger partial charge in [-0.25, -0.2) is 5.10 Å². The van der Waals surface area contributed by atoms with E-state index in [9.17, 15) is 9.59 Å². The van der Waals surface area contributed by atoms with Gasteiger partial charge in [-0.1, -0.05) is 0 Å². The van der Waals surface area contributed by atoms with Gasteiger partial charge in [0.05, 0.1) is 12.3 Å². The second-order valence-electron chi connectivity index (χ2n) is 4.46. The van der Waals surface area contributed by atoms with Crippen molar-refractivity contribution in [1.29, 1.82) is 0 Å². The molecule has 0 aliphatic rings. The number of aryl methyl sites for hydroxylation is 1. The molecule has 21 heavy (non-hydrogen) atoms. The molecule has 2 N–H and O–H groups in total. The molecule has 0 atom stereocenters. The van der Waals surface area contributed by atoms with Crippen LogP contribution in [0.5, 0.6) is 5.75 Å². The Morgan fingerprint density at radius 3 is 2.67 bits per heavy atom. The van der Waals surface area contributed by atoms with Crippen LogP contribution in [-0.2, 0) is 11.2 Å². The van der Waals surface area contributed by atoms with Crippen molar-refractivity contribution in [1.82, 2.24) is 10.2 Å². The molecule has 110 valence electrons. The minimum Gasteiger partial charge on any atom is -0.494 e. The van der Waals surface area contributed by atoms with Gasteiger partial charge in [0.25, 0.3) is 5.56 Å². The molecule has 0 bridgehead atoms. The summed E-state index contributed by atoms with van der Waals surface area (Å²) in [5.41, 5.74) is 1.48. The SMILES string of the molecule is CCOc1ccc(-c2cc(CCC(=O)O)c(=O)[nH]n2)cc1. The normalized spacial score (nSPS) is 10.3. The standard InChI is InChI=1S/C15H16N2O4/c1-2-21-12-6-3-10(4-7-12)13-9-11(5-8-14(18)19)15(20)17-16-13/h3-4,6-7,9H,2,5,8H2,1H3,(H,17,20)(H,18,19). The molecule has 6 heteroatoms. The van der Waals surface area contributed by atoms with E-state index < -0.39 is 5.97 Å². The Morgan fingerprint density at radius 2 is 2.05 bits per heavy atom. The second-order valence-corrected chi connectivity index (χ2v) is 4.46. The molecule has 0 aliphatic carbocycles. The van der Waals surface area contributed by atoms with Crippen molar-refractivity contribution in [2.75, 3.05) is 6.61 Å². The van der Waals surface area contributed by atoms with E-state index in [1.807, 2.05) is 31.2 Å². The van der Waals surface area contributed by atoms with E-state index in [0.717, 1.165) is 11.3 Å². The van der Waals surface area contributed by atoms with Crippen molar-refractivity contribution in [2.45, 2.75) is 19.8 Å². The van der Waals surface area contributed by atoms with Crippen LogP contribution in [0.2, 0.25) is 0 Å². The van der Waals surface area contributed by atoms with Crippen molar-refractivity contribution in [3.05, 3.63) is 46.2 Å². The maximum absolute atomic E-state index is 11.6. The van der Waals surface area contributed by atoms with Crippen LogP contribution in [0.15, 0.2) is 35.1 Å². The number of rotatable bonds is 6. The zero-order chi connectivity index (χ0) is 15.2. The van der Waals surface area contributed by atoms with Gasteiger partial charge in [-0.15, -0.1) is 0 Å². The predicted molar refractivity (Wildman–Crippen MR) is 77.4 cm³/mol. The third-order valence-corrected chi connectivity index (χ3v) is 2.95. The Morgan fingerprint density at radius 1 is 1.33 bits per heavy atom. The lowest BCUT2D eigenvalue weighted by Crippen LogP contribution is -2.15. The first-order valence-corrected chi connectivity index (χ1v) is 6.63. The van der Waals surface area contributed by atoms with Gasteiger partial charge in [-0.3, -0.25) is 9.59 Å². The van der Waals surface area contributed by atoms with E-state index in [4.69, 9.17) is 9.84 Å². The summed E-state index contributed by atoms with van der Waals surface area (Å²) in [4.78, 5) is 22.2. The molecular formula is C15H16N2O4. The molecule has 1 aromatic heterocycles. The fourth-order valence-electron chi connectivity index (χ4n) is 1.91. The Bertz CT molecular complexity index is 677. The zero-order valence-corrected chi connectivity index (χ0v) is 11.6. The summed E-state index contributed by atoms with van der Waals surface area (Å²) >= 11 is 0. The zero-order valence-electron chi connectivity index (χ0n) is 11.6. The van der Waals surface area contributed by atoms with E-state index >= 15 is 0 Å². The number of aromatic nitrogens is 2. The molecule has 6 nitrogen and oxygen atoms in total. The highest BCUT2D eigenvalue weighted by Crippen LogP contribution is 2.20. The number of carboxylic acid groups (broad SMARTS) is 1. The van der Waals surface area contributed by atoms with Crippen molar-refractivity contribution in [3.8, 4) is 17.0 Å². The first-order chi connectivity index (χ1) is 10.1. The summed E-state index contributed by atoms with van der Waals surface area (Å²) in [6.07, 6.45) is 0.0903. The van der Waals surface area contributed by atoms with Gasteiger partial charge >= 0.3 is 5.97 Å². The highest BCUT2D eigenvalue weighted by molar-refractivity contribution is 5.67. The van der Waals surface area contributed by atoms with Gasteiger partial charge in [-0.2, -0.15) is 5.10 Å². The van der Waals surface area contributed by atoms with Gasteiger partial charge in [0.2, 0.25) is 0 Å². The van der Waals surface area contributed by atoms with Gasteiger partial charge < -0.3 is 9.84 Å². The largest absolute Gasteiger partial charge is 0.494 e. The summed E-state index contributed by atoms with van der Waals surface area (Å²) in [6.45, 7) is 2.50. The van der Waals surface area contributed by atoms with Crippen molar-refractivity contribution >= 4 is 5.97 Å². The van der Waals surface area contributed by atoms with Gasteiger partial charge in [0.15, 0.2) is 0 Å². The van der Waals surface area contributed by atoms with E-state index in [2.05, 4.69) is 10.2 Å². The van der Waals surface area contributed by atoms with Crippen LogP contribution in [0, 0.1) is 0 Å². The summed E-state index contributed by atoms with van der Waals surface area (Å²) in [5.74, 6) is -0.175. The Kier molecular flexibility index (Phi) is 4.71. The lowest BCUT2D eigenvalue weighted by Gasteiger charge is -2.05. The lowest BCUT2D eigenvalue weighted by molar-refractivity contribution is -0.136. The molecule has 0 saturated heterocycles. The summed E-state index contributed by atoms with van der Waals surface area (Å²) in [7, 11) is 0. The number of aromatic amines is 1. The van der Waals surface area contributed by atoms with E-state index in [1.165, 1.54) is 0 Å². The number of nitrogens with zero attached hydrogens (tertiary/aromatic N) is 1. The number of carbonyl (C=O) groups is 1. The number of hydrogen-bond donors (Lipinski definition) is 2. The average molecular weight is 288 g/mol. The first kappa shape index (κ1) is 14.8. The van der Waals surface area contributed by atoms with Gasteiger partial charge in [0, 0.05) is 17.5 Å². The Labute approximate surface area is 121 Å². The predicted octanol–water partition coefficient (Wildman–Crippen LogP) is 1.85. The Hall–Kier alpha value is -2.63. The number of carboxylic acids is 1.